The first-order valence-corrected chi connectivity index (χ1v) is 5.37. The molecule has 8 heteroatoms. The van der Waals surface area contributed by atoms with Gasteiger partial charge in [-0.1, -0.05) is 0 Å². The highest BCUT2D eigenvalue weighted by molar-refractivity contribution is 6.06. The molecule has 0 bridgehead atoms. The summed E-state index contributed by atoms with van der Waals surface area (Å²) >= 11 is 0. The summed E-state index contributed by atoms with van der Waals surface area (Å²) in [6.45, 7) is -1.03. The van der Waals surface area contributed by atoms with E-state index in [-0.39, 0.29) is 19.4 Å². The van der Waals surface area contributed by atoms with Gasteiger partial charge in [-0.2, -0.15) is 0 Å². The van der Waals surface area contributed by atoms with E-state index in [1.54, 1.807) is 0 Å². The number of hydrogen-bond acceptors (Lipinski definition) is 7. The number of ketones is 2. The predicted molar refractivity (Wildman–Crippen MR) is 59.4 cm³/mol. The molecule has 18 heavy (non-hydrogen) atoms. The summed E-state index contributed by atoms with van der Waals surface area (Å²) in [6.07, 6.45) is -0.0534. The van der Waals surface area contributed by atoms with E-state index in [1.165, 1.54) is 0 Å². The third-order valence-corrected chi connectivity index (χ3v) is 2.79. The number of Topliss-reactive ketones (excluding diaryl/α,β-unsaturated/α-hetero) is 2. The van der Waals surface area contributed by atoms with E-state index < -0.39 is 41.2 Å². The second-order valence-electron chi connectivity index (χ2n) is 4.09. The second-order valence-corrected chi connectivity index (χ2v) is 4.09. The van der Waals surface area contributed by atoms with Crippen LogP contribution in [-0.2, 0) is 9.59 Å². The number of carbonyl (C=O) groups excluding carboxylic acids is 2. The molecule has 0 aromatic rings. The first-order valence-electron chi connectivity index (χ1n) is 5.37. The van der Waals surface area contributed by atoms with E-state index in [0.717, 1.165) is 6.92 Å². The van der Waals surface area contributed by atoms with Crippen molar-refractivity contribution in [2.24, 2.45) is 5.41 Å². The first kappa shape index (κ1) is 16.6. The van der Waals surface area contributed by atoms with Gasteiger partial charge >= 0.3 is 6.04 Å². The van der Waals surface area contributed by atoms with Gasteiger partial charge in [0.1, 0.15) is 0 Å². The molecule has 1 atom stereocenters. The molecule has 0 radical (unpaired) electrons. The zero-order chi connectivity index (χ0) is 14.3. The SMILES string of the molecule is CC(=O)C(C(=O)C(CO)(CO)CCCO)[N+](=O)[O-]. The van der Waals surface area contributed by atoms with Crippen molar-refractivity contribution >= 4 is 11.6 Å². The van der Waals surface area contributed by atoms with Crippen molar-refractivity contribution < 1.29 is 29.8 Å². The van der Waals surface area contributed by atoms with Gasteiger partial charge in [0.25, 0.3) is 0 Å². The minimum atomic E-state index is -2.09. The largest absolute Gasteiger partial charge is 0.396 e. The number of aliphatic hydroxyl groups excluding tert-OH is 3. The molecule has 0 spiro atoms. The molecule has 0 aromatic heterocycles. The maximum atomic E-state index is 12.0. The summed E-state index contributed by atoms with van der Waals surface area (Å²) in [6, 6.07) is -2.09. The summed E-state index contributed by atoms with van der Waals surface area (Å²) < 4.78 is 0. The van der Waals surface area contributed by atoms with Crippen molar-refractivity contribution in [1.82, 2.24) is 0 Å². The lowest BCUT2D eigenvalue weighted by Crippen LogP contribution is -2.50. The Kier molecular flexibility index (Phi) is 6.60. The Bertz CT molecular complexity index is 310. The topological polar surface area (TPSA) is 138 Å². The Morgan fingerprint density at radius 2 is 1.78 bits per heavy atom. The minimum absolute atomic E-state index is 0.0786. The molecule has 0 fully saturated rings. The standard InChI is InChI=1S/C10H17NO7/c1-7(15)8(11(17)18)9(16)10(5-13,6-14)3-2-4-12/h8,12-14H,2-6H2,1H3. The molecule has 0 aromatic carbocycles. The summed E-state index contributed by atoms with van der Waals surface area (Å²) in [5.74, 6) is -2.08. The zero-order valence-electron chi connectivity index (χ0n) is 10.0. The average Bonchev–Trinajstić information content (AvgIpc) is 2.30. The van der Waals surface area contributed by atoms with Crippen molar-refractivity contribution in [1.29, 1.82) is 0 Å². The van der Waals surface area contributed by atoms with Crippen molar-refractivity contribution in [2.75, 3.05) is 19.8 Å². The van der Waals surface area contributed by atoms with E-state index in [1.807, 2.05) is 0 Å². The van der Waals surface area contributed by atoms with E-state index in [0.29, 0.717) is 0 Å². The highest BCUT2D eigenvalue weighted by Crippen LogP contribution is 2.26. The molecule has 0 saturated heterocycles. The molecule has 0 aliphatic heterocycles. The van der Waals surface area contributed by atoms with Gasteiger partial charge in [0, 0.05) is 18.5 Å². The Morgan fingerprint density at radius 3 is 2.06 bits per heavy atom. The lowest BCUT2D eigenvalue weighted by molar-refractivity contribution is -0.494. The first-order chi connectivity index (χ1) is 8.36. The number of nitrogens with zero attached hydrogens (tertiary/aromatic N) is 1. The number of hydrogen-bond donors (Lipinski definition) is 3. The van der Waals surface area contributed by atoms with Crippen molar-refractivity contribution in [3.05, 3.63) is 10.1 Å². The van der Waals surface area contributed by atoms with Crippen LogP contribution in [0.1, 0.15) is 19.8 Å². The summed E-state index contributed by atoms with van der Waals surface area (Å²) in [4.78, 5) is 32.7. The Hall–Kier alpha value is -1.38. The number of rotatable bonds is 9. The van der Waals surface area contributed by atoms with E-state index in [2.05, 4.69) is 0 Å². The fraction of sp³-hybridized carbons (Fsp3) is 0.800. The monoisotopic (exact) mass is 263 g/mol. The molecular formula is C10H17NO7. The smallest absolute Gasteiger partial charge is 0.327 e. The number of nitro groups is 1. The molecule has 0 aliphatic carbocycles. The fourth-order valence-corrected chi connectivity index (χ4v) is 1.62. The maximum absolute atomic E-state index is 12.0. The maximum Gasteiger partial charge on any atom is 0.327 e. The van der Waals surface area contributed by atoms with E-state index in [9.17, 15) is 29.9 Å². The van der Waals surface area contributed by atoms with E-state index >= 15 is 0 Å². The highest BCUT2D eigenvalue weighted by Gasteiger charge is 2.48. The molecule has 0 rings (SSSR count). The molecular weight excluding hydrogens is 246 g/mol. The lowest BCUT2D eigenvalue weighted by Gasteiger charge is -2.28. The third-order valence-electron chi connectivity index (χ3n) is 2.79. The van der Waals surface area contributed by atoms with Crippen LogP contribution >= 0.6 is 0 Å². The highest BCUT2D eigenvalue weighted by atomic mass is 16.6. The Balaban J connectivity index is 5.27. The Morgan fingerprint density at radius 1 is 1.28 bits per heavy atom. The van der Waals surface area contributed by atoms with Crippen LogP contribution in [0.15, 0.2) is 0 Å². The van der Waals surface area contributed by atoms with Gasteiger partial charge in [0.15, 0.2) is 0 Å². The van der Waals surface area contributed by atoms with Gasteiger partial charge in [-0.3, -0.25) is 19.7 Å². The van der Waals surface area contributed by atoms with Gasteiger partial charge in [0.05, 0.1) is 18.6 Å². The van der Waals surface area contributed by atoms with E-state index in [4.69, 9.17) is 5.11 Å². The normalized spacial score (nSPS) is 13.1. The average molecular weight is 263 g/mol. The van der Waals surface area contributed by atoms with Gasteiger partial charge in [-0.25, -0.2) is 0 Å². The summed E-state index contributed by atoms with van der Waals surface area (Å²) in [5.41, 5.74) is -1.77. The summed E-state index contributed by atoms with van der Waals surface area (Å²) in [5, 5.41) is 37.7. The molecule has 0 amide bonds. The molecule has 104 valence electrons. The number of carbonyl (C=O) groups is 2. The molecule has 0 aliphatic rings. The van der Waals surface area contributed by atoms with Crippen LogP contribution in [-0.4, -0.2) is 57.7 Å². The molecule has 8 nitrogen and oxygen atoms in total. The van der Waals surface area contributed by atoms with Crippen molar-refractivity contribution in [3.63, 3.8) is 0 Å². The minimum Gasteiger partial charge on any atom is -0.396 e. The second kappa shape index (κ2) is 7.14. The van der Waals surface area contributed by atoms with Gasteiger partial charge < -0.3 is 15.3 Å². The molecule has 1 unspecified atom stereocenters. The van der Waals surface area contributed by atoms with Crippen molar-refractivity contribution in [2.45, 2.75) is 25.8 Å². The third kappa shape index (κ3) is 3.56. The van der Waals surface area contributed by atoms with Crippen LogP contribution in [0.5, 0.6) is 0 Å². The lowest BCUT2D eigenvalue weighted by atomic mass is 9.77. The van der Waals surface area contributed by atoms with Crippen LogP contribution in [0.25, 0.3) is 0 Å². The van der Waals surface area contributed by atoms with Gasteiger partial charge in [-0.15, -0.1) is 0 Å². The van der Waals surface area contributed by atoms with Crippen LogP contribution in [0.2, 0.25) is 0 Å². The van der Waals surface area contributed by atoms with Crippen LogP contribution in [0.3, 0.4) is 0 Å². The van der Waals surface area contributed by atoms with Crippen LogP contribution in [0, 0.1) is 15.5 Å². The molecule has 3 N–H and O–H groups in total. The molecule has 0 saturated carbocycles. The zero-order valence-corrected chi connectivity index (χ0v) is 10.0. The van der Waals surface area contributed by atoms with Gasteiger partial charge in [-0.05, 0) is 12.8 Å². The van der Waals surface area contributed by atoms with Crippen LogP contribution in [0.4, 0.5) is 0 Å². The Labute approximate surface area is 103 Å². The quantitative estimate of drug-likeness (QED) is 0.262. The van der Waals surface area contributed by atoms with Crippen LogP contribution < -0.4 is 0 Å². The van der Waals surface area contributed by atoms with Gasteiger partial charge in [0.2, 0.25) is 11.6 Å². The predicted octanol–water partition coefficient (Wildman–Crippen LogP) is -1.47. The summed E-state index contributed by atoms with van der Waals surface area (Å²) in [7, 11) is 0. The van der Waals surface area contributed by atoms with Crippen molar-refractivity contribution in [3.8, 4) is 0 Å². The molecule has 0 heterocycles. The number of aliphatic hydroxyl groups is 3. The fourth-order valence-electron chi connectivity index (χ4n) is 1.62.